The second-order valence-corrected chi connectivity index (χ2v) is 5.74. The standard InChI is InChI=1S/C13H15BrClNO/c14-11-7-6-10(15)8-12(11)16-13(17)9-4-2-1-3-5-9/h6-9H,1-5H2,(H,16,17). The van der Waals surface area contributed by atoms with E-state index in [0.717, 1.165) is 35.8 Å². The van der Waals surface area contributed by atoms with Crippen LogP contribution in [0.4, 0.5) is 5.69 Å². The summed E-state index contributed by atoms with van der Waals surface area (Å²) in [6.45, 7) is 0. The van der Waals surface area contributed by atoms with Gasteiger partial charge in [-0.2, -0.15) is 0 Å². The fraction of sp³-hybridized carbons (Fsp3) is 0.462. The summed E-state index contributed by atoms with van der Waals surface area (Å²) >= 11 is 9.32. The molecule has 2 rings (SSSR count). The van der Waals surface area contributed by atoms with Gasteiger partial charge in [-0.05, 0) is 47.0 Å². The predicted molar refractivity (Wildman–Crippen MR) is 74.4 cm³/mol. The van der Waals surface area contributed by atoms with E-state index < -0.39 is 0 Å². The van der Waals surface area contributed by atoms with Crippen LogP contribution < -0.4 is 5.32 Å². The zero-order valence-electron chi connectivity index (χ0n) is 9.51. The lowest BCUT2D eigenvalue weighted by atomic mass is 9.88. The van der Waals surface area contributed by atoms with Gasteiger partial charge >= 0.3 is 0 Å². The minimum atomic E-state index is 0.118. The Hall–Kier alpha value is -0.540. The molecule has 1 aromatic carbocycles. The lowest BCUT2D eigenvalue weighted by molar-refractivity contribution is -0.120. The van der Waals surface area contributed by atoms with Crippen LogP contribution in [-0.4, -0.2) is 5.91 Å². The molecular formula is C13H15BrClNO. The number of carbonyl (C=O) groups excluding carboxylic acids is 1. The van der Waals surface area contributed by atoms with Crippen LogP contribution >= 0.6 is 27.5 Å². The molecule has 0 spiro atoms. The van der Waals surface area contributed by atoms with Gasteiger partial charge in [-0.25, -0.2) is 0 Å². The monoisotopic (exact) mass is 315 g/mol. The van der Waals surface area contributed by atoms with E-state index in [-0.39, 0.29) is 11.8 Å². The molecule has 0 atom stereocenters. The van der Waals surface area contributed by atoms with Gasteiger partial charge in [-0.15, -0.1) is 0 Å². The molecule has 0 heterocycles. The van der Waals surface area contributed by atoms with E-state index in [9.17, 15) is 4.79 Å². The van der Waals surface area contributed by atoms with Crippen molar-refractivity contribution < 1.29 is 4.79 Å². The maximum atomic E-state index is 12.1. The van der Waals surface area contributed by atoms with Crippen molar-refractivity contribution in [2.45, 2.75) is 32.1 Å². The minimum Gasteiger partial charge on any atom is -0.325 e. The highest BCUT2D eigenvalue weighted by atomic mass is 79.9. The van der Waals surface area contributed by atoms with Crippen molar-refractivity contribution in [3.63, 3.8) is 0 Å². The van der Waals surface area contributed by atoms with Gasteiger partial charge in [0.05, 0.1) is 5.69 Å². The van der Waals surface area contributed by atoms with Crippen molar-refractivity contribution in [3.8, 4) is 0 Å². The first-order valence-electron chi connectivity index (χ1n) is 5.93. The summed E-state index contributed by atoms with van der Waals surface area (Å²) in [7, 11) is 0. The summed E-state index contributed by atoms with van der Waals surface area (Å²) in [5.41, 5.74) is 0.757. The van der Waals surface area contributed by atoms with E-state index >= 15 is 0 Å². The summed E-state index contributed by atoms with van der Waals surface area (Å²) in [6.07, 6.45) is 5.59. The Morgan fingerprint density at radius 1 is 1.29 bits per heavy atom. The van der Waals surface area contributed by atoms with E-state index in [1.165, 1.54) is 6.42 Å². The van der Waals surface area contributed by atoms with Crippen molar-refractivity contribution in [1.29, 1.82) is 0 Å². The van der Waals surface area contributed by atoms with E-state index in [0.29, 0.717) is 5.02 Å². The fourth-order valence-corrected chi connectivity index (χ4v) is 2.71. The first kappa shape index (κ1) is 12.9. The Bertz CT molecular complexity index is 416. The number of hydrogen-bond donors (Lipinski definition) is 1. The quantitative estimate of drug-likeness (QED) is 0.847. The number of rotatable bonds is 2. The molecule has 1 amide bonds. The summed E-state index contributed by atoms with van der Waals surface area (Å²) in [5, 5.41) is 3.58. The zero-order valence-corrected chi connectivity index (χ0v) is 11.9. The third kappa shape index (κ3) is 3.46. The summed E-state index contributed by atoms with van der Waals surface area (Å²) < 4.78 is 0.867. The zero-order chi connectivity index (χ0) is 12.3. The van der Waals surface area contributed by atoms with Gasteiger partial charge in [-0.3, -0.25) is 4.79 Å². The SMILES string of the molecule is O=C(Nc1cc(Cl)ccc1Br)C1CCCCC1. The molecule has 0 bridgehead atoms. The van der Waals surface area contributed by atoms with Crippen LogP contribution in [0.2, 0.25) is 5.02 Å². The van der Waals surface area contributed by atoms with Crippen molar-refractivity contribution in [2.24, 2.45) is 5.92 Å². The van der Waals surface area contributed by atoms with Crippen LogP contribution in [-0.2, 0) is 4.79 Å². The molecule has 0 aliphatic heterocycles. The van der Waals surface area contributed by atoms with E-state index in [1.807, 2.05) is 6.07 Å². The van der Waals surface area contributed by atoms with E-state index in [4.69, 9.17) is 11.6 Å². The van der Waals surface area contributed by atoms with Gasteiger partial charge in [-0.1, -0.05) is 30.9 Å². The molecule has 4 heteroatoms. The lowest BCUT2D eigenvalue weighted by Gasteiger charge is -2.21. The number of benzene rings is 1. The van der Waals surface area contributed by atoms with Gasteiger partial charge in [0.25, 0.3) is 0 Å². The lowest BCUT2D eigenvalue weighted by Crippen LogP contribution is -2.24. The molecule has 17 heavy (non-hydrogen) atoms. The topological polar surface area (TPSA) is 29.1 Å². The molecule has 1 aliphatic rings. The maximum Gasteiger partial charge on any atom is 0.227 e. The average Bonchev–Trinajstić information content (AvgIpc) is 2.35. The van der Waals surface area contributed by atoms with Crippen LogP contribution in [0.5, 0.6) is 0 Å². The van der Waals surface area contributed by atoms with Crippen molar-refractivity contribution in [3.05, 3.63) is 27.7 Å². The molecule has 1 saturated carbocycles. The smallest absolute Gasteiger partial charge is 0.227 e. The number of anilines is 1. The minimum absolute atomic E-state index is 0.118. The molecule has 0 radical (unpaired) electrons. The molecule has 1 fully saturated rings. The Kier molecular flexibility index (Phi) is 4.46. The highest BCUT2D eigenvalue weighted by Gasteiger charge is 2.21. The van der Waals surface area contributed by atoms with Gasteiger partial charge in [0.15, 0.2) is 0 Å². The molecular weight excluding hydrogens is 302 g/mol. The first-order valence-corrected chi connectivity index (χ1v) is 7.10. The summed E-state index contributed by atoms with van der Waals surface area (Å²) in [6, 6.07) is 5.41. The van der Waals surface area contributed by atoms with Crippen molar-refractivity contribution in [1.82, 2.24) is 0 Å². The van der Waals surface area contributed by atoms with E-state index in [1.54, 1.807) is 12.1 Å². The Balaban J connectivity index is 2.04. The van der Waals surface area contributed by atoms with Gasteiger partial charge in [0, 0.05) is 15.4 Å². The van der Waals surface area contributed by atoms with Gasteiger partial charge in [0.2, 0.25) is 5.91 Å². The Morgan fingerprint density at radius 3 is 2.71 bits per heavy atom. The molecule has 0 aromatic heterocycles. The van der Waals surface area contributed by atoms with Gasteiger partial charge in [0.1, 0.15) is 0 Å². The van der Waals surface area contributed by atoms with Crippen molar-refractivity contribution in [2.75, 3.05) is 5.32 Å². The van der Waals surface area contributed by atoms with Gasteiger partial charge < -0.3 is 5.32 Å². The second kappa shape index (κ2) is 5.87. The third-order valence-electron chi connectivity index (χ3n) is 3.16. The van der Waals surface area contributed by atoms with E-state index in [2.05, 4.69) is 21.2 Å². The number of hydrogen-bond acceptors (Lipinski definition) is 1. The fourth-order valence-electron chi connectivity index (χ4n) is 2.19. The molecule has 1 aliphatic carbocycles. The number of nitrogens with one attached hydrogen (secondary N) is 1. The highest BCUT2D eigenvalue weighted by molar-refractivity contribution is 9.10. The van der Waals surface area contributed by atoms with Crippen LogP contribution in [0.3, 0.4) is 0 Å². The van der Waals surface area contributed by atoms with Crippen LogP contribution in [0.15, 0.2) is 22.7 Å². The predicted octanol–water partition coefficient (Wildman–Crippen LogP) is 4.62. The number of carbonyl (C=O) groups is 1. The Labute approximate surface area is 115 Å². The molecule has 1 N–H and O–H groups in total. The maximum absolute atomic E-state index is 12.1. The highest BCUT2D eigenvalue weighted by Crippen LogP contribution is 2.29. The van der Waals surface area contributed by atoms with Crippen LogP contribution in [0.1, 0.15) is 32.1 Å². The average molecular weight is 317 g/mol. The molecule has 0 saturated heterocycles. The molecule has 92 valence electrons. The van der Waals surface area contributed by atoms with Crippen molar-refractivity contribution >= 4 is 39.1 Å². The van der Waals surface area contributed by atoms with Crippen LogP contribution in [0.25, 0.3) is 0 Å². The number of amides is 1. The largest absolute Gasteiger partial charge is 0.325 e. The molecule has 1 aromatic rings. The number of halogens is 2. The third-order valence-corrected chi connectivity index (χ3v) is 4.09. The molecule has 2 nitrogen and oxygen atoms in total. The first-order chi connectivity index (χ1) is 8.16. The second-order valence-electron chi connectivity index (χ2n) is 4.45. The normalized spacial score (nSPS) is 16.8. The Morgan fingerprint density at radius 2 is 2.00 bits per heavy atom. The van der Waals surface area contributed by atoms with Crippen LogP contribution in [0, 0.1) is 5.92 Å². The summed E-state index contributed by atoms with van der Waals surface area (Å²) in [4.78, 5) is 12.1. The molecule has 0 unspecified atom stereocenters. The summed E-state index contributed by atoms with van der Waals surface area (Å²) in [5.74, 6) is 0.280.